The normalized spacial score (nSPS) is 15.5. The van der Waals surface area contributed by atoms with Crippen molar-refractivity contribution in [3.63, 3.8) is 0 Å². The van der Waals surface area contributed by atoms with Gasteiger partial charge in [0.25, 0.3) is 0 Å². The Bertz CT molecular complexity index is 940. The van der Waals surface area contributed by atoms with Gasteiger partial charge in [-0.2, -0.15) is 5.10 Å². The lowest BCUT2D eigenvalue weighted by molar-refractivity contribution is 0.0697. The molecule has 0 unspecified atom stereocenters. The number of aliphatic imine (C=N–C) groups is 1. The zero-order valence-corrected chi connectivity index (χ0v) is 16.4. The number of hydrogen-bond donors (Lipinski definition) is 4. The summed E-state index contributed by atoms with van der Waals surface area (Å²) in [5.41, 5.74) is 2.84. The second kappa shape index (κ2) is 8.75. The summed E-state index contributed by atoms with van der Waals surface area (Å²) in [7, 11) is 0. The van der Waals surface area contributed by atoms with E-state index in [9.17, 15) is 4.79 Å². The number of aromatic amines is 1. The molecule has 1 aromatic heterocycles. The van der Waals surface area contributed by atoms with E-state index in [2.05, 4.69) is 25.8 Å². The topological polar surface area (TPSA) is 102 Å². The van der Waals surface area contributed by atoms with Crippen LogP contribution in [0.2, 0.25) is 0 Å². The quantitative estimate of drug-likeness (QED) is 0.472. The number of allylic oxidation sites excluding steroid dienone is 3. The van der Waals surface area contributed by atoms with Crippen LogP contribution in [-0.4, -0.2) is 27.5 Å². The molecule has 0 spiro atoms. The molecule has 1 fully saturated rings. The van der Waals surface area contributed by atoms with E-state index in [4.69, 9.17) is 16.7 Å². The highest BCUT2D eigenvalue weighted by Gasteiger charge is 2.25. The second-order valence-corrected chi connectivity index (χ2v) is 6.93. The predicted octanol–water partition coefficient (Wildman–Crippen LogP) is 4.91. The van der Waals surface area contributed by atoms with Crippen molar-refractivity contribution >= 4 is 35.3 Å². The van der Waals surface area contributed by atoms with E-state index in [1.54, 1.807) is 24.4 Å². The summed E-state index contributed by atoms with van der Waals surface area (Å²) in [6.45, 7) is 3.70. The third kappa shape index (κ3) is 5.23. The molecule has 0 bridgehead atoms. The Morgan fingerprint density at radius 1 is 1.32 bits per heavy atom. The summed E-state index contributed by atoms with van der Waals surface area (Å²) in [6.07, 6.45) is 5.76. The number of hydrogen-bond acceptors (Lipinski definition) is 5. The summed E-state index contributed by atoms with van der Waals surface area (Å²) in [4.78, 5) is 15.3. The molecule has 1 aliphatic rings. The van der Waals surface area contributed by atoms with E-state index < -0.39 is 5.97 Å². The Morgan fingerprint density at radius 3 is 2.64 bits per heavy atom. The molecule has 0 radical (unpaired) electrons. The molecule has 3 rings (SSSR count). The monoisotopic (exact) mass is 399 g/mol. The van der Waals surface area contributed by atoms with Crippen LogP contribution in [0.1, 0.15) is 48.7 Å². The fourth-order valence-corrected chi connectivity index (χ4v) is 2.60. The first-order valence-electron chi connectivity index (χ1n) is 8.95. The second-order valence-electron chi connectivity index (χ2n) is 6.52. The van der Waals surface area contributed by atoms with Gasteiger partial charge in [-0.1, -0.05) is 11.6 Å². The zero-order chi connectivity index (χ0) is 20.1. The molecule has 0 atom stereocenters. The molecule has 2 aromatic rings. The molecule has 8 heteroatoms. The molecule has 1 aromatic carbocycles. The van der Waals surface area contributed by atoms with Gasteiger partial charge in [0.05, 0.1) is 10.6 Å². The lowest BCUT2D eigenvalue weighted by Gasteiger charge is -2.07. The van der Waals surface area contributed by atoms with Crippen molar-refractivity contribution in [2.75, 3.05) is 10.6 Å². The van der Waals surface area contributed by atoms with Gasteiger partial charge in [0, 0.05) is 35.3 Å². The summed E-state index contributed by atoms with van der Waals surface area (Å²) < 4.78 is 0. The maximum atomic E-state index is 10.9. The fraction of sp³-hybridized carbons (Fsp3) is 0.250. The van der Waals surface area contributed by atoms with E-state index in [-0.39, 0.29) is 5.56 Å². The number of benzene rings is 1. The van der Waals surface area contributed by atoms with Crippen LogP contribution in [0.5, 0.6) is 0 Å². The van der Waals surface area contributed by atoms with Crippen molar-refractivity contribution in [1.29, 1.82) is 0 Å². The van der Waals surface area contributed by atoms with Gasteiger partial charge in [-0.05, 0) is 57.0 Å². The largest absolute Gasteiger partial charge is 0.478 e. The molecule has 146 valence electrons. The van der Waals surface area contributed by atoms with E-state index in [1.165, 1.54) is 25.0 Å². The number of aromatic carboxylic acids is 1. The van der Waals surface area contributed by atoms with Crippen molar-refractivity contribution in [3.05, 3.63) is 64.2 Å². The first-order valence-corrected chi connectivity index (χ1v) is 9.33. The van der Waals surface area contributed by atoms with Gasteiger partial charge >= 0.3 is 5.97 Å². The number of rotatable bonds is 8. The van der Waals surface area contributed by atoms with E-state index in [1.807, 2.05) is 19.9 Å². The van der Waals surface area contributed by atoms with Gasteiger partial charge in [0.15, 0.2) is 5.82 Å². The number of anilines is 2. The highest BCUT2D eigenvalue weighted by Crippen LogP contribution is 2.39. The molecular weight excluding hydrogens is 378 g/mol. The number of nitrogens with zero attached hydrogens (tertiary/aromatic N) is 2. The first kappa shape index (κ1) is 19.7. The molecule has 1 aliphatic carbocycles. The van der Waals surface area contributed by atoms with Crippen molar-refractivity contribution in [2.24, 2.45) is 4.99 Å². The van der Waals surface area contributed by atoms with Gasteiger partial charge in [-0.15, -0.1) is 0 Å². The summed E-state index contributed by atoms with van der Waals surface area (Å²) >= 11 is 6.33. The average molecular weight is 400 g/mol. The lowest BCUT2D eigenvalue weighted by Crippen LogP contribution is -2.01. The minimum absolute atomic E-state index is 0.229. The minimum atomic E-state index is -0.961. The van der Waals surface area contributed by atoms with Gasteiger partial charge in [-0.3, -0.25) is 5.10 Å². The van der Waals surface area contributed by atoms with Crippen molar-refractivity contribution < 1.29 is 9.90 Å². The Balaban J connectivity index is 1.61. The molecule has 0 amide bonds. The van der Waals surface area contributed by atoms with Crippen LogP contribution >= 0.6 is 11.6 Å². The Labute approximate surface area is 168 Å². The van der Waals surface area contributed by atoms with Crippen LogP contribution in [0.15, 0.2) is 58.0 Å². The number of aromatic nitrogens is 2. The summed E-state index contributed by atoms with van der Waals surface area (Å²) in [6, 6.07) is 8.43. The molecule has 7 nitrogen and oxygen atoms in total. The highest BCUT2D eigenvalue weighted by atomic mass is 35.5. The van der Waals surface area contributed by atoms with Gasteiger partial charge in [-0.25, -0.2) is 9.79 Å². The number of H-pyrrole nitrogens is 1. The first-order chi connectivity index (χ1) is 13.5. The Hall–Kier alpha value is -3.06. The van der Waals surface area contributed by atoms with Crippen LogP contribution < -0.4 is 10.6 Å². The molecule has 0 aliphatic heterocycles. The molecular formula is C20H22ClN5O2. The number of carboxylic acid groups (broad SMARTS) is 1. The third-order valence-corrected chi connectivity index (χ3v) is 4.66. The molecule has 0 saturated heterocycles. The zero-order valence-electron chi connectivity index (χ0n) is 15.7. The van der Waals surface area contributed by atoms with E-state index in [0.717, 1.165) is 22.9 Å². The maximum Gasteiger partial charge on any atom is 0.335 e. The SMILES string of the molecule is C/C=C(/N=C/C(Cl)=C(\C)Nc1cc(C2CC2)[nH]n1)Nc1ccc(C(=O)O)cc1. The number of carboxylic acids is 1. The van der Waals surface area contributed by atoms with Crippen LogP contribution in [0.4, 0.5) is 11.5 Å². The average Bonchev–Trinajstić information content (AvgIpc) is 3.44. The smallest absolute Gasteiger partial charge is 0.335 e. The van der Waals surface area contributed by atoms with Crippen LogP contribution in [0, 0.1) is 0 Å². The lowest BCUT2D eigenvalue weighted by atomic mass is 10.2. The van der Waals surface area contributed by atoms with Gasteiger partial charge in [0.2, 0.25) is 0 Å². The Morgan fingerprint density at radius 2 is 2.04 bits per heavy atom. The molecule has 1 heterocycles. The van der Waals surface area contributed by atoms with Crippen molar-refractivity contribution in [1.82, 2.24) is 10.2 Å². The van der Waals surface area contributed by atoms with E-state index in [0.29, 0.717) is 16.8 Å². The van der Waals surface area contributed by atoms with Gasteiger partial charge in [0.1, 0.15) is 5.82 Å². The number of nitrogens with one attached hydrogen (secondary N) is 3. The summed E-state index contributed by atoms with van der Waals surface area (Å²) in [5, 5.41) is 23.0. The number of halogens is 1. The molecule has 1 saturated carbocycles. The highest BCUT2D eigenvalue weighted by molar-refractivity contribution is 6.39. The van der Waals surface area contributed by atoms with Crippen LogP contribution in [0.3, 0.4) is 0 Å². The van der Waals surface area contributed by atoms with Gasteiger partial charge < -0.3 is 15.7 Å². The Kier molecular flexibility index (Phi) is 6.16. The predicted molar refractivity (Wildman–Crippen MR) is 112 cm³/mol. The van der Waals surface area contributed by atoms with E-state index >= 15 is 0 Å². The van der Waals surface area contributed by atoms with Crippen LogP contribution in [0.25, 0.3) is 0 Å². The molecule has 28 heavy (non-hydrogen) atoms. The number of carbonyl (C=O) groups is 1. The third-order valence-electron chi connectivity index (χ3n) is 4.28. The standard InChI is InChI=1S/C20H22ClN5O2/c1-3-18(24-15-8-6-14(7-9-15)20(27)28)22-11-16(21)12(2)23-19-10-17(25-26-19)13-4-5-13/h3,6-11,13,24H,4-5H2,1-2H3,(H,27,28)(H2,23,25,26)/b16-12-,18-3-,22-11+. The van der Waals surface area contributed by atoms with Crippen molar-refractivity contribution in [2.45, 2.75) is 32.6 Å². The minimum Gasteiger partial charge on any atom is -0.478 e. The fourth-order valence-electron chi connectivity index (χ4n) is 2.50. The van der Waals surface area contributed by atoms with Crippen molar-refractivity contribution in [3.8, 4) is 0 Å². The maximum absolute atomic E-state index is 10.9. The van der Waals surface area contributed by atoms with Crippen LogP contribution in [-0.2, 0) is 0 Å². The molecule has 4 N–H and O–H groups in total. The summed E-state index contributed by atoms with van der Waals surface area (Å²) in [5.74, 6) is 0.966.